The van der Waals surface area contributed by atoms with Crippen LogP contribution in [0.4, 0.5) is 0 Å². The van der Waals surface area contributed by atoms with Gasteiger partial charge in [-0.3, -0.25) is 4.98 Å². The first-order chi connectivity index (χ1) is 64.9. The fraction of sp³-hybridized carbons (Fsp3) is 0.00806. The molecule has 7 heteroatoms. The molecule has 7 nitrogen and oxygen atoms in total. The SMILES string of the molecule is c1ccc(-c2ccc3c(-c4ccc5ccccc5c4)c4ccccc4c(-c4ccc5ccccc5c4)c3c2)cc1.c1ccc(-c2nc(-c3ccccc3)nc(-c3ccc4c(c3)C3(c5ccccc5-c5ccccc53)c3ccccc3-4)n2)cc1.c1ccc2c(-c3ccc(-c4nc(-c5ccc(-c6cccc7ccccc67)cc5)nc(-c5ccnc6ccccc56)n4)cc3)cccc2c1. The molecule has 610 valence electrons. The van der Waals surface area contributed by atoms with E-state index < -0.39 is 5.41 Å². The van der Waals surface area contributed by atoms with Gasteiger partial charge in [-0.25, -0.2) is 29.9 Å². The zero-order chi connectivity index (χ0) is 86.7. The molecule has 0 fully saturated rings. The lowest BCUT2D eigenvalue weighted by molar-refractivity contribution is 0.794. The van der Waals surface area contributed by atoms with Gasteiger partial charge < -0.3 is 0 Å². The zero-order valence-electron chi connectivity index (χ0n) is 71.2. The summed E-state index contributed by atoms with van der Waals surface area (Å²) in [5.74, 6) is 3.86. The van der Waals surface area contributed by atoms with Crippen LogP contribution in [0.2, 0.25) is 0 Å². The average molecular weight is 1670 g/mol. The normalized spacial score (nSPS) is 12.0. The largest absolute Gasteiger partial charge is 0.256 e. The van der Waals surface area contributed by atoms with E-state index in [1.54, 1.807) is 0 Å². The summed E-state index contributed by atoms with van der Waals surface area (Å²) >= 11 is 0. The van der Waals surface area contributed by atoms with Crippen LogP contribution in [-0.4, -0.2) is 34.9 Å². The van der Waals surface area contributed by atoms with Crippen LogP contribution in [0.1, 0.15) is 22.3 Å². The van der Waals surface area contributed by atoms with E-state index in [0.717, 1.165) is 55.4 Å². The standard InChI is InChI=1S/C44H28N4.C40H25N3.C40H26/c1-3-13-35-29(9-1)11-7-16-37(35)31-19-23-33(24-20-31)42-46-43(48-44(47-42)40-27-28-45-41-18-6-5-15-39(40)41)34-25-21-32(22-26-34)38-17-8-12-30-10-2-4-14-36(30)38;1-3-13-26(14-4-1)37-41-38(27-15-5-2-6-16-27)43-39(42-37)28-23-24-32-31-19-9-12-22-35(31)40(36(32)25-28)33-20-10-7-17-29(33)30-18-8-11-21-34(30)40;1-2-10-27(11-3-1)32-22-23-37-38(26-32)40(34-21-19-29-13-5-7-15-31(29)25-34)36-17-9-8-16-35(36)39(37)33-20-18-28-12-4-6-14-30(28)24-33/h1-28H;1-25H;1-26H. The van der Waals surface area contributed by atoms with Gasteiger partial charge in [0.15, 0.2) is 34.9 Å². The van der Waals surface area contributed by atoms with Gasteiger partial charge in [0.25, 0.3) is 0 Å². The second-order valence-corrected chi connectivity index (χ2v) is 33.6. The summed E-state index contributed by atoms with van der Waals surface area (Å²) in [5, 5.41) is 16.1. The fourth-order valence-corrected chi connectivity index (χ4v) is 20.1. The van der Waals surface area contributed by atoms with Gasteiger partial charge in [-0.1, -0.05) is 437 Å². The smallest absolute Gasteiger partial charge is 0.164 e. The molecule has 0 saturated carbocycles. The molecule has 0 aliphatic heterocycles. The number of hydrogen-bond donors (Lipinski definition) is 0. The van der Waals surface area contributed by atoms with Crippen LogP contribution in [0.5, 0.6) is 0 Å². The number of para-hydroxylation sites is 1. The highest BCUT2D eigenvalue weighted by molar-refractivity contribution is 6.23. The molecule has 131 heavy (non-hydrogen) atoms. The predicted octanol–water partition coefficient (Wildman–Crippen LogP) is 31.6. The lowest BCUT2D eigenvalue weighted by Crippen LogP contribution is -2.25. The van der Waals surface area contributed by atoms with E-state index in [9.17, 15) is 0 Å². The summed E-state index contributed by atoms with van der Waals surface area (Å²) in [5.41, 5.74) is 28.8. The Hall–Kier alpha value is -17.4. The minimum absolute atomic E-state index is 0.410. The van der Waals surface area contributed by atoms with Crippen LogP contribution in [0.15, 0.2) is 479 Å². The third-order valence-electron chi connectivity index (χ3n) is 26.2. The van der Waals surface area contributed by atoms with Crippen molar-refractivity contribution >= 4 is 75.5 Å². The number of fused-ring (bicyclic) bond motifs is 17. The van der Waals surface area contributed by atoms with E-state index >= 15 is 0 Å². The van der Waals surface area contributed by atoms with E-state index in [1.165, 1.54) is 154 Å². The molecule has 21 aromatic carbocycles. The Balaban J connectivity index is 0.000000109. The van der Waals surface area contributed by atoms with Crippen LogP contribution in [0, 0.1) is 0 Å². The Morgan fingerprint density at radius 3 is 0.969 bits per heavy atom. The Labute approximate surface area is 758 Å². The van der Waals surface area contributed by atoms with Gasteiger partial charge in [-0.2, -0.15) is 0 Å². The van der Waals surface area contributed by atoms with Crippen LogP contribution in [0.3, 0.4) is 0 Å². The molecule has 1 spiro atoms. The molecule has 0 radical (unpaired) electrons. The zero-order valence-corrected chi connectivity index (χ0v) is 71.2. The lowest BCUT2D eigenvalue weighted by atomic mass is 9.70. The first kappa shape index (κ1) is 77.2. The molecule has 24 aromatic rings. The molecular weight excluding hydrogens is 1590 g/mol. The monoisotopic (exact) mass is 1670 g/mol. The summed E-state index contributed by atoms with van der Waals surface area (Å²) in [6, 6.07) is 168. The van der Waals surface area contributed by atoms with Crippen LogP contribution >= 0.6 is 0 Å². The minimum Gasteiger partial charge on any atom is -0.256 e. The molecule has 0 saturated heterocycles. The number of benzene rings is 21. The van der Waals surface area contributed by atoms with Gasteiger partial charge >= 0.3 is 0 Å². The molecule has 0 atom stereocenters. The maximum atomic E-state index is 5.06. The van der Waals surface area contributed by atoms with Gasteiger partial charge in [0.05, 0.1) is 10.9 Å². The lowest BCUT2D eigenvalue weighted by Gasteiger charge is -2.30. The van der Waals surface area contributed by atoms with Gasteiger partial charge in [0, 0.05) is 45.0 Å². The van der Waals surface area contributed by atoms with Crippen molar-refractivity contribution in [2.45, 2.75) is 5.41 Å². The second kappa shape index (κ2) is 32.9. The first-order valence-corrected chi connectivity index (χ1v) is 44.5. The summed E-state index contributed by atoms with van der Waals surface area (Å²) in [4.78, 5) is 34.7. The van der Waals surface area contributed by atoms with Gasteiger partial charge in [0.2, 0.25) is 0 Å². The number of hydrogen-bond acceptors (Lipinski definition) is 7. The van der Waals surface area contributed by atoms with Crippen molar-refractivity contribution in [1.82, 2.24) is 34.9 Å². The molecule has 0 amide bonds. The van der Waals surface area contributed by atoms with Crippen LogP contribution in [0.25, 0.3) is 222 Å². The molecule has 0 bridgehead atoms. The maximum Gasteiger partial charge on any atom is 0.164 e. The van der Waals surface area contributed by atoms with E-state index in [4.69, 9.17) is 29.9 Å². The highest BCUT2D eigenvalue weighted by atomic mass is 15.0. The van der Waals surface area contributed by atoms with E-state index in [1.807, 2.05) is 66.9 Å². The average Bonchev–Trinajstić information content (AvgIpc) is 1.51. The number of pyridine rings is 1. The summed E-state index contributed by atoms with van der Waals surface area (Å²) in [6.07, 6.45) is 1.82. The van der Waals surface area contributed by atoms with Crippen LogP contribution < -0.4 is 0 Å². The fourth-order valence-electron chi connectivity index (χ4n) is 20.1. The second-order valence-electron chi connectivity index (χ2n) is 33.6. The van der Waals surface area contributed by atoms with Gasteiger partial charge in [-0.05, 0) is 201 Å². The molecule has 0 unspecified atom stereocenters. The molecule has 2 aliphatic rings. The van der Waals surface area contributed by atoms with Crippen molar-refractivity contribution in [3.8, 4) is 146 Å². The minimum atomic E-state index is -0.410. The molecule has 3 heterocycles. The Kier molecular flexibility index (Phi) is 19.4. The third kappa shape index (κ3) is 13.8. The van der Waals surface area contributed by atoms with Crippen molar-refractivity contribution < 1.29 is 0 Å². The third-order valence-corrected chi connectivity index (χ3v) is 26.2. The molecule has 2 aliphatic carbocycles. The molecule has 3 aromatic heterocycles. The Morgan fingerprint density at radius 1 is 0.145 bits per heavy atom. The quantitative estimate of drug-likeness (QED) is 0.119. The predicted molar refractivity (Wildman–Crippen MR) is 543 cm³/mol. The summed E-state index contributed by atoms with van der Waals surface area (Å²) in [7, 11) is 0. The van der Waals surface area contributed by atoms with Crippen molar-refractivity contribution in [2.24, 2.45) is 0 Å². The first-order valence-electron chi connectivity index (χ1n) is 44.5. The number of aromatic nitrogens is 7. The van der Waals surface area contributed by atoms with E-state index in [2.05, 4.69) is 417 Å². The number of nitrogens with zero attached hydrogens (tertiary/aromatic N) is 7. The summed E-state index contributed by atoms with van der Waals surface area (Å²) in [6.45, 7) is 0. The van der Waals surface area contributed by atoms with Crippen LogP contribution in [-0.2, 0) is 5.41 Å². The van der Waals surface area contributed by atoms with Crippen molar-refractivity contribution in [3.05, 3.63) is 502 Å². The topological polar surface area (TPSA) is 90.2 Å². The van der Waals surface area contributed by atoms with Crippen molar-refractivity contribution in [2.75, 3.05) is 0 Å². The van der Waals surface area contributed by atoms with Crippen molar-refractivity contribution in [1.29, 1.82) is 0 Å². The Bertz CT molecular complexity index is 8310. The maximum absolute atomic E-state index is 5.06. The number of rotatable bonds is 11. The van der Waals surface area contributed by atoms with E-state index in [-0.39, 0.29) is 0 Å². The highest BCUT2D eigenvalue weighted by Gasteiger charge is 2.51. The molecule has 0 N–H and O–H groups in total. The van der Waals surface area contributed by atoms with Gasteiger partial charge in [-0.15, -0.1) is 0 Å². The van der Waals surface area contributed by atoms with E-state index in [0.29, 0.717) is 34.9 Å². The molecule has 26 rings (SSSR count). The Morgan fingerprint density at radius 2 is 0.473 bits per heavy atom. The van der Waals surface area contributed by atoms with Crippen molar-refractivity contribution in [3.63, 3.8) is 0 Å². The molecular formula is C124H79N7. The summed E-state index contributed by atoms with van der Waals surface area (Å²) < 4.78 is 0. The van der Waals surface area contributed by atoms with Gasteiger partial charge in [0.1, 0.15) is 0 Å². The highest BCUT2D eigenvalue weighted by Crippen LogP contribution is 2.63.